The van der Waals surface area contributed by atoms with Crippen LogP contribution in [0.15, 0.2) is 46.9 Å². The van der Waals surface area contributed by atoms with Crippen LogP contribution in [0.2, 0.25) is 0 Å². The Morgan fingerprint density at radius 3 is 2.65 bits per heavy atom. The fraction of sp³-hybridized carbons (Fsp3) is 0.143. The van der Waals surface area contributed by atoms with Crippen molar-refractivity contribution in [1.82, 2.24) is 0 Å². The van der Waals surface area contributed by atoms with Gasteiger partial charge in [-0.1, -0.05) is 40.2 Å². The molecule has 88 valence electrons. The van der Waals surface area contributed by atoms with Gasteiger partial charge in [-0.15, -0.1) is 0 Å². The Morgan fingerprint density at radius 2 is 1.94 bits per heavy atom. The molecule has 3 heteroatoms. The van der Waals surface area contributed by atoms with Crippen LogP contribution < -0.4 is 5.32 Å². The maximum Gasteiger partial charge on any atom is 0.146 e. The second-order valence-electron chi connectivity index (χ2n) is 3.93. The van der Waals surface area contributed by atoms with Gasteiger partial charge in [0.1, 0.15) is 5.82 Å². The molecule has 0 saturated carbocycles. The first-order chi connectivity index (χ1) is 8.16. The summed E-state index contributed by atoms with van der Waals surface area (Å²) < 4.78 is 14.4. The number of anilines is 1. The Balaban J connectivity index is 2.10. The van der Waals surface area contributed by atoms with Crippen molar-refractivity contribution >= 4 is 21.6 Å². The van der Waals surface area contributed by atoms with Crippen molar-refractivity contribution in [3.8, 4) is 0 Å². The molecule has 1 N–H and O–H groups in total. The second-order valence-corrected chi connectivity index (χ2v) is 4.78. The summed E-state index contributed by atoms with van der Waals surface area (Å²) in [4.78, 5) is 0. The van der Waals surface area contributed by atoms with E-state index in [9.17, 15) is 4.39 Å². The standard InChI is InChI=1S/C14H13BrFN/c1-10-6-7-11(12(15)8-10)9-17-14-5-3-2-4-13(14)16/h2-8,17H,9H2,1H3. The van der Waals surface area contributed by atoms with E-state index in [0.29, 0.717) is 12.2 Å². The number of aryl methyl sites for hydroxylation is 1. The van der Waals surface area contributed by atoms with Gasteiger partial charge < -0.3 is 5.32 Å². The first kappa shape index (κ1) is 12.1. The van der Waals surface area contributed by atoms with Gasteiger partial charge in [-0.2, -0.15) is 0 Å². The maximum atomic E-state index is 13.4. The van der Waals surface area contributed by atoms with Crippen molar-refractivity contribution in [1.29, 1.82) is 0 Å². The Bertz CT molecular complexity index is 525. The first-order valence-corrected chi connectivity index (χ1v) is 6.19. The van der Waals surface area contributed by atoms with Crippen LogP contribution >= 0.6 is 15.9 Å². The van der Waals surface area contributed by atoms with E-state index >= 15 is 0 Å². The summed E-state index contributed by atoms with van der Waals surface area (Å²) in [6, 6.07) is 12.8. The lowest BCUT2D eigenvalue weighted by atomic mass is 10.1. The van der Waals surface area contributed by atoms with E-state index in [0.717, 1.165) is 10.0 Å². The molecular formula is C14H13BrFN. The molecule has 0 amide bonds. The molecule has 0 atom stereocenters. The predicted molar refractivity (Wildman–Crippen MR) is 72.6 cm³/mol. The molecule has 0 aliphatic carbocycles. The van der Waals surface area contributed by atoms with Crippen LogP contribution in [-0.4, -0.2) is 0 Å². The number of rotatable bonds is 3. The normalized spacial score (nSPS) is 10.3. The molecule has 0 bridgehead atoms. The van der Waals surface area contributed by atoms with Gasteiger partial charge in [0.05, 0.1) is 5.69 Å². The fourth-order valence-electron chi connectivity index (χ4n) is 1.59. The van der Waals surface area contributed by atoms with E-state index in [1.54, 1.807) is 12.1 Å². The maximum absolute atomic E-state index is 13.4. The van der Waals surface area contributed by atoms with Crippen LogP contribution in [0.4, 0.5) is 10.1 Å². The number of nitrogens with one attached hydrogen (secondary N) is 1. The Hall–Kier alpha value is -1.35. The highest BCUT2D eigenvalue weighted by Gasteiger charge is 2.02. The molecule has 0 spiro atoms. The van der Waals surface area contributed by atoms with Gasteiger partial charge in [-0.25, -0.2) is 4.39 Å². The minimum atomic E-state index is -0.226. The molecule has 0 heterocycles. The Morgan fingerprint density at radius 1 is 1.18 bits per heavy atom. The molecular weight excluding hydrogens is 281 g/mol. The van der Waals surface area contributed by atoms with Gasteiger partial charge in [0.2, 0.25) is 0 Å². The van der Waals surface area contributed by atoms with Crippen LogP contribution in [0, 0.1) is 12.7 Å². The summed E-state index contributed by atoms with van der Waals surface area (Å²) in [5.41, 5.74) is 2.84. The van der Waals surface area contributed by atoms with Crippen LogP contribution in [0.25, 0.3) is 0 Å². The van der Waals surface area contributed by atoms with E-state index in [2.05, 4.69) is 27.3 Å². The molecule has 0 fully saturated rings. The Labute approximate surface area is 109 Å². The van der Waals surface area contributed by atoms with Crippen molar-refractivity contribution in [2.75, 3.05) is 5.32 Å². The molecule has 0 aliphatic heterocycles. The summed E-state index contributed by atoms with van der Waals surface area (Å²) >= 11 is 3.51. The molecule has 0 saturated heterocycles. The average Bonchev–Trinajstić information content (AvgIpc) is 2.30. The number of hydrogen-bond donors (Lipinski definition) is 1. The second kappa shape index (κ2) is 5.32. The molecule has 0 radical (unpaired) electrons. The zero-order valence-corrected chi connectivity index (χ0v) is 11.1. The third kappa shape index (κ3) is 3.07. The van der Waals surface area contributed by atoms with Gasteiger partial charge in [-0.05, 0) is 36.2 Å². The summed E-state index contributed by atoms with van der Waals surface area (Å²) in [5, 5.41) is 3.08. The van der Waals surface area contributed by atoms with E-state index in [4.69, 9.17) is 0 Å². The monoisotopic (exact) mass is 293 g/mol. The van der Waals surface area contributed by atoms with Gasteiger partial charge in [0, 0.05) is 11.0 Å². The lowest BCUT2D eigenvalue weighted by Gasteiger charge is -2.09. The zero-order chi connectivity index (χ0) is 12.3. The van der Waals surface area contributed by atoms with Crippen molar-refractivity contribution in [3.05, 3.63) is 63.9 Å². The largest absolute Gasteiger partial charge is 0.379 e. The van der Waals surface area contributed by atoms with Crippen LogP contribution in [0.5, 0.6) is 0 Å². The first-order valence-electron chi connectivity index (χ1n) is 5.40. The topological polar surface area (TPSA) is 12.0 Å². The molecule has 0 unspecified atom stereocenters. The van der Waals surface area contributed by atoms with E-state index in [1.807, 2.05) is 25.1 Å². The van der Waals surface area contributed by atoms with Crippen molar-refractivity contribution < 1.29 is 4.39 Å². The zero-order valence-electron chi connectivity index (χ0n) is 9.50. The number of halogens is 2. The number of benzene rings is 2. The van der Waals surface area contributed by atoms with Gasteiger partial charge in [-0.3, -0.25) is 0 Å². The minimum Gasteiger partial charge on any atom is -0.379 e. The van der Waals surface area contributed by atoms with Crippen LogP contribution in [-0.2, 0) is 6.54 Å². The molecule has 0 aliphatic rings. The molecule has 17 heavy (non-hydrogen) atoms. The number of para-hydroxylation sites is 1. The molecule has 1 nitrogen and oxygen atoms in total. The highest BCUT2D eigenvalue weighted by atomic mass is 79.9. The van der Waals surface area contributed by atoms with Crippen LogP contribution in [0.1, 0.15) is 11.1 Å². The fourth-order valence-corrected chi connectivity index (χ4v) is 2.22. The summed E-state index contributed by atoms with van der Waals surface area (Å²) in [7, 11) is 0. The summed E-state index contributed by atoms with van der Waals surface area (Å²) in [5.74, 6) is -0.226. The number of hydrogen-bond acceptors (Lipinski definition) is 1. The lowest BCUT2D eigenvalue weighted by Crippen LogP contribution is -2.02. The van der Waals surface area contributed by atoms with E-state index in [1.165, 1.54) is 11.6 Å². The SMILES string of the molecule is Cc1ccc(CNc2ccccc2F)c(Br)c1. The van der Waals surface area contributed by atoms with E-state index in [-0.39, 0.29) is 5.82 Å². The highest BCUT2D eigenvalue weighted by molar-refractivity contribution is 9.10. The summed E-state index contributed by atoms with van der Waals surface area (Å²) in [6.45, 7) is 2.64. The third-order valence-electron chi connectivity index (χ3n) is 2.55. The van der Waals surface area contributed by atoms with E-state index < -0.39 is 0 Å². The lowest BCUT2D eigenvalue weighted by molar-refractivity contribution is 0.630. The quantitative estimate of drug-likeness (QED) is 0.878. The molecule has 2 aromatic carbocycles. The van der Waals surface area contributed by atoms with Crippen LogP contribution in [0.3, 0.4) is 0 Å². The predicted octanol–water partition coefficient (Wildman–Crippen LogP) is 4.51. The van der Waals surface area contributed by atoms with Gasteiger partial charge in [0.25, 0.3) is 0 Å². The average molecular weight is 294 g/mol. The smallest absolute Gasteiger partial charge is 0.146 e. The minimum absolute atomic E-state index is 0.226. The summed E-state index contributed by atoms with van der Waals surface area (Å²) in [6.07, 6.45) is 0. The van der Waals surface area contributed by atoms with Crippen molar-refractivity contribution in [2.45, 2.75) is 13.5 Å². The van der Waals surface area contributed by atoms with Gasteiger partial charge >= 0.3 is 0 Å². The van der Waals surface area contributed by atoms with Crippen molar-refractivity contribution in [2.24, 2.45) is 0 Å². The highest BCUT2D eigenvalue weighted by Crippen LogP contribution is 2.20. The van der Waals surface area contributed by atoms with Crippen molar-refractivity contribution in [3.63, 3.8) is 0 Å². The Kier molecular flexibility index (Phi) is 3.79. The molecule has 2 aromatic rings. The van der Waals surface area contributed by atoms with Gasteiger partial charge in [0.15, 0.2) is 0 Å². The molecule has 2 rings (SSSR count). The third-order valence-corrected chi connectivity index (χ3v) is 3.29. The molecule has 0 aromatic heterocycles.